The lowest BCUT2D eigenvalue weighted by Gasteiger charge is -2.22. The zero-order chi connectivity index (χ0) is 11.9. The fourth-order valence-corrected chi connectivity index (χ4v) is 3.91. The summed E-state index contributed by atoms with van der Waals surface area (Å²) >= 11 is 0. The van der Waals surface area contributed by atoms with Crippen molar-refractivity contribution < 1.29 is 0 Å². The molecule has 0 bridgehead atoms. The molecular formula is C18H20. The van der Waals surface area contributed by atoms with Gasteiger partial charge in [0.1, 0.15) is 0 Å². The van der Waals surface area contributed by atoms with Crippen LogP contribution in [0.2, 0.25) is 0 Å². The van der Waals surface area contributed by atoms with Crippen LogP contribution in [0.3, 0.4) is 0 Å². The van der Waals surface area contributed by atoms with Crippen molar-refractivity contribution in [2.45, 2.75) is 51.4 Å². The number of benzene rings is 2. The van der Waals surface area contributed by atoms with Crippen LogP contribution in [-0.2, 0) is 25.7 Å². The summed E-state index contributed by atoms with van der Waals surface area (Å²) in [6, 6.07) is 9.63. The molecule has 0 amide bonds. The molecule has 0 saturated heterocycles. The van der Waals surface area contributed by atoms with E-state index in [2.05, 4.69) is 24.3 Å². The molecule has 0 radical (unpaired) electrons. The fraction of sp³-hybridized carbons (Fsp3) is 0.444. The lowest BCUT2D eigenvalue weighted by molar-refractivity contribution is 0.685. The standard InChI is InChI=1S/C18H20/c1-3-7-15-13(5-1)9-11-18-16-8-4-2-6-14(16)10-12-17(15)18/h9-12H,1-8H2. The average molecular weight is 236 g/mol. The molecule has 92 valence electrons. The third kappa shape index (κ3) is 1.51. The zero-order valence-corrected chi connectivity index (χ0v) is 11.0. The summed E-state index contributed by atoms with van der Waals surface area (Å²) in [6.07, 6.45) is 10.7. The maximum absolute atomic E-state index is 2.41. The van der Waals surface area contributed by atoms with Crippen molar-refractivity contribution in [3.8, 4) is 0 Å². The van der Waals surface area contributed by atoms with E-state index < -0.39 is 0 Å². The lowest BCUT2D eigenvalue weighted by Crippen LogP contribution is -2.07. The second-order valence-corrected chi connectivity index (χ2v) is 5.92. The number of fused-ring (bicyclic) bond motifs is 5. The summed E-state index contributed by atoms with van der Waals surface area (Å²) in [7, 11) is 0. The van der Waals surface area contributed by atoms with Crippen LogP contribution in [-0.4, -0.2) is 0 Å². The van der Waals surface area contributed by atoms with Crippen LogP contribution in [0.5, 0.6) is 0 Å². The van der Waals surface area contributed by atoms with Gasteiger partial charge in [-0.05, 0) is 84.4 Å². The fourth-order valence-electron chi connectivity index (χ4n) is 3.91. The van der Waals surface area contributed by atoms with E-state index in [4.69, 9.17) is 0 Å². The Morgan fingerprint density at radius 1 is 0.500 bits per heavy atom. The van der Waals surface area contributed by atoms with Gasteiger partial charge in [-0.15, -0.1) is 0 Å². The van der Waals surface area contributed by atoms with Gasteiger partial charge < -0.3 is 0 Å². The number of aryl methyl sites for hydroxylation is 4. The van der Waals surface area contributed by atoms with Gasteiger partial charge in [-0.2, -0.15) is 0 Å². The van der Waals surface area contributed by atoms with E-state index in [-0.39, 0.29) is 0 Å². The smallest absolute Gasteiger partial charge is 0.0146 e. The number of rotatable bonds is 0. The van der Waals surface area contributed by atoms with Crippen molar-refractivity contribution >= 4 is 10.8 Å². The molecule has 0 heteroatoms. The molecule has 0 nitrogen and oxygen atoms in total. The van der Waals surface area contributed by atoms with E-state index in [9.17, 15) is 0 Å². The summed E-state index contributed by atoms with van der Waals surface area (Å²) in [5, 5.41) is 3.13. The highest BCUT2D eigenvalue weighted by Gasteiger charge is 2.17. The maximum atomic E-state index is 2.41. The lowest BCUT2D eigenvalue weighted by atomic mass is 9.82. The van der Waals surface area contributed by atoms with Crippen molar-refractivity contribution in [3.63, 3.8) is 0 Å². The van der Waals surface area contributed by atoms with Crippen molar-refractivity contribution in [3.05, 3.63) is 46.5 Å². The summed E-state index contributed by atoms with van der Waals surface area (Å²) in [4.78, 5) is 0. The number of hydrogen-bond acceptors (Lipinski definition) is 0. The third-order valence-corrected chi connectivity index (χ3v) is 4.86. The van der Waals surface area contributed by atoms with Gasteiger partial charge in [0.05, 0.1) is 0 Å². The van der Waals surface area contributed by atoms with Crippen LogP contribution in [0.15, 0.2) is 24.3 Å². The molecule has 2 aliphatic carbocycles. The highest BCUT2D eigenvalue weighted by atomic mass is 14.2. The van der Waals surface area contributed by atoms with E-state index in [0.717, 1.165) is 0 Å². The van der Waals surface area contributed by atoms with E-state index in [1.165, 1.54) is 51.4 Å². The Morgan fingerprint density at radius 3 is 1.44 bits per heavy atom. The van der Waals surface area contributed by atoms with Gasteiger partial charge in [0.15, 0.2) is 0 Å². The highest BCUT2D eigenvalue weighted by molar-refractivity contribution is 5.91. The second-order valence-electron chi connectivity index (χ2n) is 5.92. The Kier molecular flexibility index (Phi) is 2.43. The Hall–Kier alpha value is -1.30. The van der Waals surface area contributed by atoms with Crippen LogP contribution in [0.1, 0.15) is 47.9 Å². The van der Waals surface area contributed by atoms with Crippen LogP contribution < -0.4 is 0 Å². The van der Waals surface area contributed by atoms with Gasteiger partial charge in [-0.1, -0.05) is 24.3 Å². The van der Waals surface area contributed by atoms with Crippen molar-refractivity contribution in [1.82, 2.24) is 0 Å². The second kappa shape index (κ2) is 4.12. The first-order chi connectivity index (χ1) is 8.93. The average Bonchev–Trinajstić information content (AvgIpc) is 2.46. The van der Waals surface area contributed by atoms with Gasteiger partial charge in [-0.25, -0.2) is 0 Å². The summed E-state index contributed by atoms with van der Waals surface area (Å²) < 4.78 is 0. The van der Waals surface area contributed by atoms with E-state index >= 15 is 0 Å². The van der Waals surface area contributed by atoms with Crippen LogP contribution in [0.4, 0.5) is 0 Å². The van der Waals surface area contributed by atoms with Crippen LogP contribution in [0.25, 0.3) is 10.8 Å². The minimum Gasteiger partial charge on any atom is -0.0581 e. The minimum absolute atomic E-state index is 1.29. The Morgan fingerprint density at radius 2 is 0.944 bits per heavy atom. The van der Waals surface area contributed by atoms with Crippen LogP contribution >= 0.6 is 0 Å². The molecule has 0 fully saturated rings. The Labute approximate surface area is 109 Å². The van der Waals surface area contributed by atoms with Crippen molar-refractivity contribution in [2.24, 2.45) is 0 Å². The normalized spacial score (nSPS) is 18.4. The summed E-state index contributed by atoms with van der Waals surface area (Å²) in [6.45, 7) is 0. The van der Waals surface area contributed by atoms with Crippen molar-refractivity contribution in [2.75, 3.05) is 0 Å². The van der Waals surface area contributed by atoms with Crippen LogP contribution in [0, 0.1) is 0 Å². The topological polar surface area (TPSA) is 0 Å². The zero-order valence-electron chi connectivity index (χ0n) is 11.0. The highest BCUT2D eigenvalue weighted by Crippen LogP contribution is 2.34. The molecule has 0 aliphatic heterocycles. The predicted octanol–water partition coefficient (Wildman–Crippen LogP) is 4.60. The molecular weight excluding hydrogens is 216 g/mol. The van der Waals surface area contributed by atoms with Gasteiger partial charge >= 0.3 is 0 Å². The first-order valence-electron chi connectivity index (χ1n) is 7.49. The molecule has 18 heavy (non-hydrogen) atoms. The molecule has 2 aromatic rings. The SMILES string of the molecule is c1cc2c3c(ccc2c2c1CCCC2)CCCC3. The molecule has 0 heterocycles. The van der Waals surface area contributed by atoms with E-state index in [0.29, 0.717) is 0 Å². The monoisotopic (exact) mass is 236 g/mol. The molecule has 0 spiro atoms. The van der Waals surface area contributed by atoms with Gasteiger partial charge in [0.2, 0.25) is 0 Å². The molecule has 0 saturated carbocycles. The molecule has 0 N–H and O–H groups in total. The van der Waals surface area contributed by atoms with Gasteiger partial charge in [0, 0.05) is 0 Å². The summed E-state index contributed by atoms with van der Waals surface area (Å²) in [5.74, 6) is 0. The van der Waals surface area contributed by atoms with Gasteiger partial charge in [-0.3, -0.25) is 0 Å². The Bertz CT molecular complexity index is 552. The molecule has 2 aromatic carbocycles. The largest absolute Gasteiger partial charge is 0.0581 e. The third-order valence-electron chi connectivity index (χ3n) is 4.86. The molecule has 0 aromatic heterocycles. The molecule has 0 unspecified atom stereocenters. The predicted molar refractivity (Wildman–Crippen MR) is 77.2 cm³/mol. The summed E-state index contributed by atoms with van der Waals surface area (Å²) in [5.41, 5.74) is 6.55. The Balaban J connectivity index is 2.01. The maximum Gasteiger partial charge on any atom is -0.0146 e. The number of hydrogen-bond donors (Lipinski definition) is 0. The first kappa shape index (κ1) is 10.6. The minimum atomic E-state index is 1.29. The van der Waals surface area contributed by atoms with E-state index in [1.807, 2.05) is 0 Å². The van der Waals surface area contributed by atoms with Gasteiger partial charge in [0.25, 0.3) is 0 Å². The molecule has 0 atom stereocenters. The molecule has 4 rings (SSSR count). The quantitative estimate of drug-likeness (QED) is 0.627. The molecule has 2 aliphatic rings. The first-order valence-corrected chi connectivity index (χ1v) is 7.49. The van der Waals surface area contributed by atoms with E-state index in [1.54, 1.807) is 33.0 Å². The van der Waals surface area contributed by atoms with Crippen molar-refractivity contribution in [1.29, 1.82) is 0 Å².